The molecule has 1 aromatic rings. The third-order valence-electron chi connectivity index (χ3n) is 2.51. The minimum atomic E-state index is -1.13. The molecular weight excluding hydrogens is 271 g/mol. The molecule has 0 heterocycles. The lowest BCUT2D eigenvalue weighted by atomic mass is 10.1. The highest BCUT2D eigenvalue weighted by atomic mass is 32.2. The van der Waals surface area contributed by atoms with Gasteiger partial charge in [0.1, 0.15) is 11.9 Å². The monoisotopic (exact) mass is 286 g/mol. The van der Waals surface area contributed by atoms with E-state index in [2.05, 4.69) is 5.32 Å². The van der Waals surface area contributed by atoms with Gasteiger partial charge >= 0.3 is 5.97 Å². The highest BCUT2D eigenvalue weighted by molar-refractivity contribution is 7.98. The molecule has 0 fully saturated rings. The number of thioether (sulfide) groups is 1. The molecule has 0 spiro atoms. The van der Waals surface area contributed by atoms with E-state index in [1.54, 1.807) is 0 Å². The van der Waals surface area contributed by atoms with Crippen molar-refractivity contribution in [1.82, 2.24) is 5.32 Å². The number of nitrogen functional groups attached to an aromatic ring is 1. The molecule has 5 nitrogen and oxygen atoms in total. The molecular formula is C12H15FN2O3S. The summed E-state index contributed by atoms with van der Waals surface area (Å²) in [5.74, 6) is -1.93. The Bertz CT molecular complexity index is 482. The molecule has 7 heteroatoms. The molecule has 104 valence electrons. The molecule has 0 aromatic heterocycles. The molecule has 0 bridgehead atoms. The van der Waals surface area contributed by atoms with Crippen LogP contribution in [0.4, 0.5) is 10.1 Å². The van der Waals surface area contributed by atoms with Crippen molar-refractivity contribution in [3.8, 4) is 0 Å². The largest absolute Gasteiger partial charge is 0.480 e. The van der Waals surface area contributed by atoms with Crippen LogP contribution in [0, 0.1) is 5.82 Å². The van der Waals surface area contributed by atoms with E-state index in [9.17, 15) is 14.0 Å². The SMILES string of the molecule is CSCCC(NC(=O)c1cccc(F)c1N)C(=O)O. The van der Waals surface area contributed by atoms with Crippen LogP contribution in [-0.2, 0) is 4.79 Å². The zero-order valence-electron chi connectivity index (χ0n) is 10.4. The smallest absolute Gasteiger partial charge is 0.326 e. The zero-order chi connectivity index (χ0) is 14.4. The van der Waals surface area contributed by atoms with Crippen molar-refractivity contribution in [2.45, 2.75) is 12.5 Å². The molecule has 0 saturated heterocycles. The average molecular weight is 286 g/mol. The van der Waals surface area contributed by atoms with E-state index in [4.69, 9.17) is 10.8 Å². The number of aliphatic carboxylic acids is 1. The molecule has 0 aliphatic rings. The molecule has 1 amide bonds. The van der Waals surface area contributed by atoms with Gasteiger partial charge in [-0.3, -0.25) is 4.79 Å². The fourth-order valence-corrected chi connectivity index (χ4v) is 1.94. The van der Waals surface area contributed by atoms with Crippen LogP contribution in [0.2, 0.25) is 0 Å². The summed E-state index contributed by atoms with van der Waals surface area (Å²) < 4.78 is 13.2. The van der Waals surface area contributed by atoms with Gasteiger partial charge in [0.15, 0.2) is 0 Å². The molecule has 1 aromatic carbocycles. The van der Waals surface area contributed by atoms with E-state index >= 15 is 0 Å². The van der Waals surface area contributed by atoms with Gasteiger partial charge in [-0.1, -0.05) is 6.07 Å². The Kier molecular flexibility index (Phi) is 5.62. The van der Waals surface area contributed by atoms with Gasteiger partial charge in [0.25, 0.3) is 5.91 Å². The lowest BCUT2D eigenvalue weighted by molar-refractivity contribution is -0.139. The normalized spacial score (nSPS) is 11.9. The third-order valence-corrected chi connectivity index (χ3v) is 3.16. The molecule has 0 aliphatic carbocycles. The summed E-state index contributed by atoms with van der Waals surface area (Å²) in [4.78, 5) is 22.9. The van der Waals surface area contributed by atoms with Crippen molar-refractivity contribution in [1.29, 1.82) is 0 Å². The van der Waals surface area contributed by atoms with E-state index in [1.165, 1.54) is 23.9 Å². The first-order valence-corrected chi connectivity index (χ1v) is 6.93. The van der Waals surface area contributed by atoms with Crippen LogP contribution in [0.3, 0.4) is 0 Å². The van der Waals surface area contributed by atoms with Crippen molar-refractivity contribution < 1.29 is 19.1 Å². The molecule has 0 radical (unpaired) electrons. The number of hydrogen-bond donors (Lipinski definition) is 3. The minimum absolute atomic E-state index is 0.0598. The third kappa shape index (κ3) is 4.13. The Labute approximate surface area is 114 Å². The molecule has 4 N–H and O–H groups in total. The molecule has 1 unspecified atom stereocenters. The number of carboxylic acid groups (broad SMARTS) is 1. The molecule has 0 aliphatic heterocycles. The number of amides is 1. The van der Waals surface area contributed by atoms with Crippen LogP contribution < -0.4 is 11.1 Å². The minimum Gasteiger partial charge on any atom is -0.480 e. The number of benzene rings is 1. The number of carboxylic acids is 1. The first-order valence-electron chi connectivity index (χ1n) is 5.54. The number of nitrogens with one attached hydrogen (secondary N) is 1. The van der Waals surface area contributed by atoms with Crippen LogP contribution in [0.25, 0.3) is 0 Å². The van der Waals surface area contributed by atoms with E-state index in [1.807, 2.05) is 6.26 Å². The zero-order valence-corrected chi connectivity index (χ0v) is 11.2. The van der Waals surface area contributed by atoms with Crippen LogP contribution in [0.5, 0.6) is 0 Å². The number of hydrogen-bond acceptors (Lipinski definition) is 4. The van der Waals surface area contributed by atoms with Crippen molar-refractivity contribution in [2.75, 3.05) is 17.7 Å². The number of anilines is 1. The number of carbonyl (C=O) groups excluding carboxylic acids is 1. The Balaban J connectivity index is 2.82. The fraction of sp³-hybridized carbons (Fsp3) is 0.333. The van der Waals surface area contributed by atoms with Crippen LogP contribution in [-0.4, -0.2) is 35.0 Å². The number of halogens is 1. The second-order valence-corrected chi connectivity index (χ2v) is 4.83. The van der Waals surface area contributed by atoms with E-state index in [0.717, 1.165) is 6.07 Å². The molecule has 19 heavy (non-hydrogen) atoms. The van der Waals surface area contributed by atoms with Gasteiger partial charge in [-0.2, -0.15) is 11.8 Å². The predicted octanol–water partition coefficient (Wildman–Crippen LogP) is 1.34. The van der Waals surface area contributed by atoms with Crippen molar-refractivity contribution in [2.24, 2.45) is 0 Å². The average Bonchev–Trinajstić information content (AvgIpc) is 2.37. The van der Waals surface area contributed by atoms with Crippen molar-refractivity contribution in [3.05, 3.63) is 29.6 Å². The topological polar surface area (TPSA) is 92.4 Å². The summed E-state index contributed by atoms with van der Waals surface area (Å²) >= 11 is 1.48. The maximum absolute atomic E-state index is 13.2. The van der Waals surface area contributed by atoms with Gasteiger partial charge < -0.3 is 16.2 Å². The Morgan fingerprint density at radius 3 is 2.79 bits per heavy atom. The van der Waals surface area contributed by atoms with Crippen LogP contribution in [0.1, 0.15) is 16.8 Å². The van der Waals surface area contributed by atoms with Crippen LogP contribution in [0.15, 0.2) is 18.2 Å². The number of nitrogens with two attached hydrogens (primary N) is 1. The molecule has 1 rings (SSSR count). The molecule has 1 atom stereocenters. The molecule has 0 saturated carbocycles. The number of carbonyl (C=O) groups is 2. The van der Waals surface area contributed by atoms with Gasteiger partial charge in [0.05, 0.1) is 11.3 Å². The Morgan fingerprint density at radius 2 is 2.21 bits per heavy atom. The lowest BCUT2D eigenvalue weighted by Crippen LogP contribution is -2.41. The van der Waals surface area contributed by atoms with Gasteiger partial charge in [0, 0.05) is 0 Å². The number of rotatable bonds is 6. The lowest BCUT2D eigenvalue weighted by Gasteiger charge is -2.14. The summed E-state index contributed by atoms with van der Waals surface area (Å²) in [5, 5.41) is 11.3. The second kappa shape index (κ2) is 6.98. The van der Waals surface area contributed by atoms with E-state index in [-0.39, 0.29) is 17.7 Å². The summed E-state index contributed by atoms with van der Waals surface area (Å²) in [7, 11) is 0. The van der Waals surface area contributed by atoms with Crippen LogP contribution >= 0.6 is 11.8 Å². The van der Waals surface area contributed by atoms with Crippen molar-refractivity contribution >= 4 is 29.3 Å². The summed E-state index contributed by atoms with van der Waals surface area (Å²) in [5.41, 5.74) is 5.10. The first-order chi connectivity index (χ1) is 8.97. The standard InChI is InChI=1S/C12H15FN2O3S/c1-19-6-5-9(12(17)18)15-11(16)7-3-2-4-8(13)10(7)14/h2-4,9H,5-6,14H2,1H3,(H,15,16)(H,17,18). The maximum atomic E-state index is 13.2. The summed E-state index contributed by atoms with van der Waals surface area (Å²) in [6.45, 7) is 0. The number of para-hydroxylation sites is 1. The first kappa shape index (κ1) is 15.3. The Hall–Kier alpha value is -1.76. The quantitative estimate of drug-likeness (QED) is 0.686. The highest BCUT2D eigenvalue weighted by Crippen LogP contribution is 2.16. The van der Waals surface area contributed by atoms with Gasteiger partial charge in [-0.05, 0) is 30.6 Å². The Morgan fingerprint density at radius 1 is 1.53 bits per heavy atom. The summed E-state index contributed by atoms with van der Waals surface area (Å²) in [6, 6.07) is 2.82. The fourth-order valence-electron chi connectivity index (χ4n) is 1.46. The van der Waals surface area contributed by atoms with Gasteiger partial charge in [0.2, 0.25) is 0 Å². The maximum Gasteiger partial charge on any atom is 0.326 e. The second-order valence-electron chi connectivity index (χ2n) is 3.85. The van der Waals surface area contributed by atoms with Crippen molar-refractivity contribution in [3.63, 3.8) is 0 Å². The highest BCUT2D eigenvalue weighted by Gasteiger charge is 2.21. The van der Waals surface area contributed by atoms with Gasteiger partial charge in [-0.15, -0.1) is 0 Å². The van der Waals surface area contributed by atoms with Gasteiger partial charge in [-0.25, -0.2) is 9.18 Å². The van der Waals surface area contributed by atoms with E-state index < -0.39 is 23.7 Å². The predicted molar refractivity (Wildman–Crippen MR) is 72.7 cm³/mol. The summed E-state index contributed by atoms with van der Waals surface area (Å²) in [6.07, 6.45) is 2.13. The van der Waals surface area contributed by atoms with E-state index in [0.29, 0.717) is 5.75 Å².